The Kier molecular flexibility index (Phi) is 3.57. The lowest BCUT2D eigenvalue weighted by molar-refractivity contribution is -0.116. The van der Waals surface area contributed by atoms with Crippen molar-refractivity contribution in [3.63, 3.8) is 0 Å². The number of nitrogens with one attached hydrogen (secondary N) is 1. The average molecular weight is 303 g/mol. The van der Waals surface area contributed by atoms with Gasteiger partial charge in [-0.25, -0.2) is 0 Å². The van der Waals surface area contributed by atoms with Crippen molar-refractivity contribution in [1.29, 1.82) is 0 Å². The minimum absolute atomic E-state index is 0.0705. The van der Waals surface area contributed by atoms with Gasteiger partial charge >= 0.3 is 0 Å². The number of amides is 1. The zero-order chi connectivity index (χ0) is 14.8. The van der Waals surface area contributed by atoms with Crippen LogP contribution >= 0.6 is 11.3 Å². The van der Waals surface area contributed by atoms with Crippen molar-refractivity contribution in [3.8, 4) is 0 Å². The highest BCUT2D eigenvalue weighted by molar-refractivity contribution is 7.17. The minimum atomic E-state index is -0.208. The largest absolute Gasteiger partial charge is 0.360 e. The first-order valence-electron chi connectivity index (χ1n) is 6.43. The number of aryl methyl sites for hydroxylation is 2. The van der Waals surface area contributed by atoms with Gasteiger partial charge < -0.3 is 14.4 Å². The Labute approximate surface area is 124 Å². The van der Waals surface area contributed by atoms with Crippen molar-refractivity contribution >= 4 is 33.1 Å². The molecule has 0 atom stereocenters. The van der Waals surface area contributed by atoms with Crippen LogP contribution in [0.3, 0.4) is 0 Å². The van der Waals surface area contributed by atoms with Gasteiger partial charge in [0.15, 0.2) is 5.82 Å². The summed E-state index contributed by atoms with van der Waals surface area (Å²) in [6, 6.07) is 5.33. The predicted molar refractivity (Wildman–Crippen MR) is 80.6 cm³/mol. The molecule has 0 aliphatic carbocycles. The van der Waals surface area contributed by atoms with E-state index in [0.29, 0.717) is 23.5 Å². The predicted octanol–water partition coefficient (Wildman–Crippen LogP) is 2.39. The molecular formula is C14H13N3O3S. The molecule has 0 saturated carbocycles. The van der Waals surface area contributed by atoms with Crippen LogP contribution in [0.1, 0.15) is 12.2 Å². The van der Waals surface area contributed by atoms with Crippen molar-refractivity contribution in [2.45, 2.75) is 19.9 Å². The molecule has 3 heterocycles. The molecule has 0 aliphatic heterocycles. The van der Waals surface area contributed by atoms with Gasteiger partial charge in [-0.3, -0.25) is 9.59 Å². The summed E-state index contributed by atoms with van der Waals surface area (Å²) >= 11 is 1.53. The Morgan fingerprint density at radius 3 is 3.10 bits per heavy atom. The lowest BCUT2D eigenvalue weighted by Gasteiger charge is -2.05. The van der Waals surface area contributed by atoms with Crippen LogP contribution in [0.15, 0.2) is 39.1 Å². The zero-order valence-corrected chi connectivity index (χ0v) is 12.1. The first kappa shape index (κ1) is 13.6. The third-order valence-corrected chi connectivity index (χ3v) is 3.95. The molecule has 0 aliphatic rings. The molecule has 1 amide bonds. The second kappa shape index (κ2) is 5.53. The smallest absolute Gasteiger partial charge is 0.259 e. The van der Waals surface area contributed by atoms with Crippen LogP contribution in [0.2, 0.25) is 0 Å². The highest BCUT2D eigenvalue weighted by atomic mass is 32.1. The summed E-state index contributed by atoms with van der Waals surface area (Å²) in [6.45, 7) is 2.07. The fourth-order valence-corrected chi connectivity index (χ4v) is 2.81. The molecule has 3 aromatic heterocycles. The van der Waals surface area contributed by atoms with Crippen LogP contribution in [0, 0.1) is 6.92 Å². The standard InChI is InChI=1S/C14H13N3O3S/c1-9-8-12(16-20-9)15-13(18)3-6-17-5-2-11-10(14(17)19)4-7-21-11/h2,4-5,7-8H,3,6H2,1H3,(H,15,16,18). The van der Waals surface area contributed by atoms with Crippen molar-refractivity contribution in [2.24, 2.45) is 0 Å². The van der Waals surface area contributed by atoms with Gasteiger partial charge in [0.2, 0.25) is 5.91 Å². The molecule has 108 valence electrons. The number of hydrogen-bond donors (Lipinski definition) is 1. The van der Waals surface area contributed by atoms with Gasteiger partial charge in [0.05, 0.1) is 5.39 Å². The van der Waals surface area contributed by atoms with Gasteiger partial charge in [-0.15, -0.1) is 11.3 Å². The van der Waals surface area contributed by atoms with Crippen LogP contribution in [0.25, 0.3) is 10.1 Å². The maximum absolute atomic E-state index is 12.2. The van der Waals surface area contributed by atoms with E-state index in [2.05, 4.69) is 10.5 Å². The van der Waals surface area contributed by atoms with E-state index in [0.717, 1.165) is 4.70 Å². The highest BCUT2D eigenvalue weighted by Crippen LogP contribution is 2.16. The van der Waals surface area contributed by atoms with Crippen molar-refractivity contribution < 1.29 is 9.32 Å². The summed E-state index contributed by atoms with van der Waals surface area (Å²) in [5.74, 6) is 0.808. The number of rotatable bonds is 4. The summed E-state index contributed by atoms with van der Waals surface area (Å²) in [7, 11) is 0. The summed E-state index contributed by atoms with van der Waals surface area (Å²) < 4.78 is 7.37. The molecular weight excluding hydrogens is 290 g/mol. The summed E-state index contributed by atoms with van der Waals surface area (Å²) in [4.78, 5) is 24.0. The van der Waals surface area contributed by atoms with Crippen molar-refractivity contribution in [3.05, 3.63) is 45.9 Å². The van der Waals surface area contributed by atoms with Gasteiger partial charge in [0.25, 0.3) is 5.56 Å². The number of carbonyl (C=O) groups is 1. The van der Waals surface area contributed by atoms with E-state index in [1.54, 1.807) is 29.8 Å². The van der Waals surface area contributed by atoms with Gasteiger partial charge in [-0.05, 0) is 24.4 Å². The van der Waals surface area contributed by atoms with Crippen molar-refractivity contribution in [2.75, 3.05) is 5.32 Å². The maximum Gasteiger partial charge on any atom is 0.259 e. The Balaban J connectivity index is 1.67. The molecule has 0 bridgehead atoms. The molecule has 1 N–H and O–H groups in total. The van der Waals surface area contributed by atoms with E-state index in [1.165, 1.54) is 11.3 Å². The van der Waals surface area contributed by atoms with E-state index in [1.807, 2.05) is 11.4 Å². The van der Waals surface area contributed by atoms with Crippen molar-refractivity contribution in [1.82, 2.24) is 9.72 Å². The number of aromatic nitrogens is 2. The molecule has 0 radical (unpaired) electrons. The highest BCUT2D eigenvalue weighted by Gasteiger charge is 2.08. The number of anilines is 1. The van der Waals surface area contributed by atoms with Crippen LogP contribution in [-0.4, -0.2) is 15.6 Å². The summed E-state index contributed by atoms with van der Waals surface area (Å²) in [5, 5.41) is 8.89. The lowest BCUT2D eigenvalue weighted by atomic mass is 10.3. The minimum Gasteiger partial charge on any atom is -0.360 e. The Hall–Kier alpha value is -2.41. The van der Waals surface area contributed by atoms with Gasteiger partial charge in [-0.2, -0.15) is 0 Å². The van der Waals surface area contributed by atoms with E-state index in [4.69, 9.17) is 4.52 Å². The van der Waals surface area contributed by atoms with E-state index >= 15 is 0 Å². The molecule has 21 heavy (non-hydrogen) atoms. The molecule has 3 aromatic rings. The topological polar surface area (TPSA) is 77.1 Å². The van der Waals surface area contributed by atoms with Gasteiger partial charge in [0.1, 0.15) is 5.76 Å². The van der Waals surface area contributed by atoms with Gasteiger partial charge in [0, 0.05) is 29.9 Å². The Bertz CT molecular complexity index is 846. The number of hydrogen-bond acceptors (Lipinski definition) is 5. The summed E-state index contributed by atoms with van der Waals surface area (Å²) in [5.41, 5.74) is -0.0705. The monoisotopic (exact) mass is 303 g/mol. The number of fused-ring (bicyclic) bond motifs is 1. The Morgan fingerprint density at radius 2 is 2.33 bits per heavy atom. The first-order chi connectivity index (χ1) is 10.1. The molecule has 0 aromatic carbocycles. The number of pyridine rings is 1. The number of nitrogens with zero attached hydrogens (tertiary/aromatic N) is 2. The first-order valence-corrected chi connectivity index (χ1v) is 7.31. The SMILES string of the molecule is Cc1cc(NC(=O)CCn2ccc3sccc3c2=O)no1. The zero-order valence-electron chi connectivity index (χ0n) is 11.3. The van der Waals surface area contributed by atoms with E-state index < -0.39 is 0 Å². The van der Waals surface area contributed by atoms with Crippen LogP contribution in [0.5, 0.6) is 0 Å². The normalized spacial score (nSPS) is 10.9. The van der Waals surface area contributed by atoms with E-state index in [-0.39, 0.29) is 17.9 Å². The molecule has 0 spiro atoms. The second-order valence-corrected chi connectivity index (χ2v) is 5.58. The van der Waals surface area contributed by atoms with Crippen LogP contribution < -0.4 is 10.9 Å². The van der Waals surface area contributed by atoms with E-state index in [9.17, 15) is 9.59 Å². The van der Waals surface area contributed by atoms with Crippen LogP contribution in [-0.2, 0) is 11.3 Å². The Morgan fingerprint density at radius 1 is 1.48 bits per heavy atom. The summed E-state index contributed by atoms with van der Waals surface area (Å²) in [6.07, 6.45) is 1.91. The third-order valence-electron chi connectivity index (χ3n) is 3.07. The molecule has 3 rings (SSSR count). The average Bonchev–Trinajstić information content (AvgIpc) is 3.07. The quantitative estimate of drug-likeness (QED) is 0.803. The number of thiophene rings is 1. The third kappa shape index (κ3) is 2.87. The fraction of sp³-hybridized carbons (Fsp3) is 0.214. The molecule has 0 unspecified atom stereocenters. The maximum atomic E-state index is 12.2. The number of carbonyl (C=O) groups excluding carboxylic acids is 1. The molecule has 0 fully saturated rings. The molecule has 7 heteroatoms. The molecule has 0 saturated heterocycles. The van der Waals surface area contributed by atoms with Crippen LogP contribution in [0.4, 0.5) is 5.82 Å². The molecule has 6 nitrogen and oxygen atoms in total. The second-order valence-electron chi connectivity index (χ2n) is 4.63. The van der Waals surface area contributed by atoms with Gasteiger partial charge in [-0.1, -0.05) is 5.16 Å². The lowest BCUT2D eigenvalue weighted by Crippen LogP contribution is -2.22. The fourth-order valence-electron chi connectivity index (χ4n) is 2.04.